The maximum atomic E-state index is 12.9. The van der Waals surface area contributed by atoms with Gasteiger partial charge in [0.15, 0.2) is 13.8 Å². The number of anilines is 1. The van der Waals surface area contributed by atoms with Crippen molar-refractivity contribution >= 4 is 57.2 Å². The summed E-state index contributed by atoms with van der Waals surface area (Å²) in [5.41, 5.74) is 1.51. The standard InChI is InChI=1S/C14H11FN4OS4/c1-21-13-18-19-14(24-13)23-7-11(20)17-12-16-10(6-22-12)8-2-4-9(15)5-3-8/h2-6H,7H2,1H3,(H,16,17,20). The van der Waals surface area contributed by atoms with Crippen LogP contribution in [0.4, 0.5) is 9.52 Å². The molecule has 1 aromatic carbocycles. The highest BCUT2D eigenvalue weighted by Gasteiger charge is 2.11. The van der Waals surface area contributed by atoms with E-state index in [-0.39, 0.29) is 17.5 Å². The summed E-state index contributed by atoms with van der Waals surface area (Å²) in [5, 5.41) is 13.1. The van der Waals surface area contributed by atoms with Crippen LogP contribution in [0.2, 0.25) is 0 Å². The molecule has 24 heavy (non-hydrogen) atoms. The van der Waals surface area contributed by atoms with Crippen molar-refractivity contribution < 1.29 is 9.18 Å². The second kappa shape index (κ2) is 8.06. The van der Waals surface area contributed by atoms with Crippen molar-refractivity contribution in [1.82, 2.24) is 15.2 Å². The molecular weight excluding hydrogens is 387 g/mol. The van der Waals surface area contributed by atoms with Crippen molar-refractivity contribution in [3.63, 3.8) is 0 Å². The molecule has 0 aliphatic rings. The highest BCUT2D eigenvalue weighted by molar-refractivity contribution is 8.03. The molecule has 124 valence electrons. The molecule has 1 N–H and O–H groups in total. The summed E-state index contributed by atoms with van der Waals surface area (Å²) in [7, 11) is 0. The molecule has 0 aliphatic carbocycles. The molecule has 10 heteroatoms. The molecule has 2 heterocycles. The lowest BCUT2D eigenvalue weighted by Gasteiger charge is -1.99. The normalized spacial score (nSPS) is 10.8. The van der Waals surface area contributed by atoms with Gasteiger partial charge in [0, 0.05) is 10.9 Å². The van der Waals surface area contributed by atoms with E-state index in [1.54, 1.807) is 12.1 Å². The fraction of sp³-hybridized carbons (Fsp3) is 0.143. The second-order valence-electron chi connectivity index (χ2n) is 4.42. The summed E-state index contributed by atoms with van der Waals surface area (Å²) in [6.07, 6.45) is 1.93. The number of rotatable bonds is 6. The van der Waals surface area contributed by atoms with Gasteiger partial charge in [-0.25, -0.2) is 9.37 Å². The predicted molar refractivity (Wildman–Crippen MR) is 98.6 cm³/mol. The van der Waals surface area contributed by atoms with Gasteiger partial charge >= 0.3 is 0 Å². The van der Waals surface area contributed by atoms with Crippen LogP contribution in [0.5, 0.6) is 0 Å². The van der Waals surface area contributed by atoms with Crippen LogP contribution < -0.4 is 5.32 Å². The molecule has 3 aromatic rings. The van der Waals surface area contributed by atoms with Crippen molar-refractivity contribution in [1.29, 1.82) is 0 Å². The zero-order chi connectivity index (χ0) is 16.9. The monoisotopic (exact) mass is 398 g/mol. The molecule has 0 bridgehead atoms. The lowest BCUT2D eigenvalue weighted by Crippen LogP contribution is -2.13. The van der Waals surface area contributed by atoms with Gasteiger partial charge in [0.2, 0.25) is 5.91 Å². The van der Waals surface area contributed by atoms with E-state index in [2.05, 4.69) is 20.5 Å². The van der Waals surface area contributed by atoms with Crippen molar-refractivity contribution in [2.75, 3.05) is 17.3 Å². The second-order valence-corrected chi connectivity index (χ2v) is 8.53. The molecule has 0 unspecified atom stereocenters. The van der Waals surface area contributed by atoms with E-state index >= 15 is 0 Å². The molecule has 1 amide bonds. The predicted octanol–water partition coefficient (Wildman–Crippen LogP) is 4.25. The average Bonchev–Trinajstić information content (AvgIpc) is 3.23. The van der Waals surface area contributed by atoms with E-state index in [9.17, 15) is 9.18 Å². The molecule has 5 nitrogen and oxygen atoms in total. The van der Waals surface area contributed by atoms with Gasteiger partial charge in [-0.2, -0.15) is 0 Å². The fourth-order valence-corrected chi connectivity index (χ4v) is 4.68. The molecule has 0 spiro atoms. The Morgan fingerprint density at radius 1 is 1.25 bits per heavy atom. The third-order valence-electron chi connectivity index (χ3n) is 2.78. The molecule has 0 saturated heterocycles. The van der Waals surface area contributed by atoms with Gasteiger partial charge in [0.05, 0.1) is 11.4 Å². The Bertz CT molecular complexity index is 833. The summed E-state index contributed by atoms with van der Waals surface area (Å²) < 4.78 is 14.6. The Balaban J connectivity index is 1.56. The van der Waals surface area contributed by atoms with Crippen LogP contribution >= 0.6 is 46.2 Å². The summed E-state index contributed by atoms with van der Waals surface area (Å²) in [6, 6.07) is 6.08. The van der Waals surface area contributed by atoms with Gasteiger partial charge in [-0.05, 0) is 30.5 Å². The first-order chi connectivity index (χ1) is 11.6. The zero-order valence-corrected chi connectivity index (χ0v) is 15.6. The van der Waals surface area contributed by atoms with Crippen LogP contribution in [0.25, 0.3) is 11.3 Å². The van der Waals surface area contributed by atoms with Gasteiger partial charge in [0.1, 0.15) is 5.82 Å². The molecule has 2 aromatic heterocycles. The molecule has 0 aliphatic heterocycles. The number of halogens is 1. The largest absolute Gasteiger partial charge is 0.301 e. The smallest absolute Gasteiger partial charge is 0.236 e. The number of thiazole rings is 1. The first-order valence-electron chi connectivity index (χ1n) is 6.65. The minimum absolute atomic E-state index is 0.152. The summed E-state index contributed by atoms with van der Waals surface area (Å²) in [5.74, 6) is -0.198. The maximum Gasteiger partial charge on any atom is 0.236 e. The quantitative estimate of drug-likeness (QED) is 0.626. The van der Waals surface area contributed by atoms with Crippen LogP contribution in [-0.2, 0) is 4.79 Å². The maximum absolute atomic E-state index is 12.9. The number of aromatic nitrogens is 3. The number of carbonyl (C=O) groups is 1. The van der Waals surface area contributed by atoms with E-state index in [4.69, 9.17) is 0 Å². The Kier molecular flexibility index (Phi) is 5.82. The lowest BCUT2D eigenvalue weighted by atomic mass is 10.2. The van der Waals surface area contributed by atoms with E-state index in [0.29, 0.717) is 10.8 Å². The lowest BCUT2D eigenvalue weighted by molar-refractivity contribution is -0.113. The van der Waals surface area contributed by atoms with Crippen molar-refractivity contribution in [2.45, 2.75) is 8.68 Å². The van der Waals surface area contributed by atoms with Gasteiger partial charge in [-0.1, -0.05) is 34.9 Å². The van der Waals surface area contributed by atoms with E-state index in [1.165, 1.54) is 58.3 Å². The summed E-state index contributed by atoms with van der Waals surface area (Å²) in [4.78, 5) is 16.3. The van der Waals surface area contributed by atoms with Crippen molar-refractivity contribution in [2.24, 2.45) is 0 Å². The van der Waals surface area contributed by atoms with Crippen LogP contribution in [0.15, 0.2) is 38.3 Å². The Morgan fingerprint density at radius 2 is 2.00 bits per heavy atom. The van der Waals surface area contributed by atoms with E-state index in [1.807, 2.05) is 11.6 Å². The van der Waals surface area contributed by atoms with Gasteiger partial charge in [-0.3, -0.25) is 4.79 Å². The topological polar surface area (TPSA) is 67.8 Å². The summed E-state index contributed by atoms with van der Waals surface area (Å²) >= 11 is 5.67. The fourth-order valence-electron chi connectivity index (χ4n) is 1.71. The van der Waals surface area contributed by atoms with Gasteiger partial charge in [-0.15, -0.1) is 21.5 Å². The van der Waals surface area contributed by atoms with Crippen LogP contribution in [0.1, 0.15) is 0 Å². The summed E-state index contributed by atoms with van der Waals surface area (Å²) in [6.45, 7) is 0. The van der Waals surface area contributed by atoms with Crippen molar-refractivity contribution in [3.8, 4) is 11.3 Å². The SMILES string of the molecule is CSc1nnc(SCC(=O)Nc2nc(-c3ccc(F)cc3)cs2)s1. The highest BCUT2D eigenvalue weighted by atomic mass is 32.2. The molecule has 0 fully saturated rings. The first-order valence-corrected chi connectivity index (χ1v) is 10.6. The highest BCUT2D eigenvalue weighted by Crippen LogP contribution is 2.28. The minimum atomic E-state index is -0.291. The third kappa shape index (κ3) is 4.53. The molecule has 3 rings (SSSR count). The average molecular weight is 399 g/mol. The number of nitrogens with zero attached hydrogens (tertiary/aromatic N) is 3. The number of hydrogen-bond donors (Lipinski definition) is 1. The Morgan fingerprint density at radius 3 is 2.71 bits per heavy atom. The van der Waals surface area contributed by atoms with Gasteiger partial charge < -0.3 is 5.32 Å². The van der Waals surface area contributed by atoms with Crippen LogP contribution in [0, 0.1) is 5.82 Å². The number of hydrogen-bond acceptors (Lipinski definition) is 8. The Labute approximate surface area is 154 Å². The number of amides is 1. The van der Waals surface area contributed by atoms with E-state index in [0.717, 1.165) is 14.2 Å². The number of carbonyl (C=O) groups excluding carboxylic acids is 1. The minimum Gasteiger partial charge on any atom is -0.301 e. The molecule has 0 radical (unpaired) electrons. The van der Waals surface area contributed by atoms with Gasteiger partial charge in [0.25, 0.3) is 0 Å². The molecular formula is C14H11FN4OS4. The number of benzene rings is 1. The van der Waals surface area contributed by atoms with Crippen LogP contribution in [0.3, 0.4) is 0 Å². The van der Waals surface area contributed by atoms with Crippen molar-refractivity contribution in [3.05, 3.63) is 35.5 Å². The van der Waals surface area contributed by atoms with E-state index < -0.39 is 0 Å². The molecule has 0 saturated carbocycles. The van der Waals surface area contributed by atoms with Crippen LogP contribution in [-0.4, -0.2) is 33.1 Å². The number of thioether (sulfide) groups is 2. The first kappa shape index (κ1) is 17.3. The Hall–Kier alpha value is -1.49. The number of nitrogens with one attached hydrogen (secondary N) is 1. The third-order valence-corrected chi connectivity index (χ3v) is 6.57. The molecule has 0 atom stereocenters. The zero-order valence-electron chi connectivity index (χ0n) is 12.4.